The predicted octanol–water partition coefficient (Wildman–Crippen LogP) is 1.15. The Morgan fingerprint density at radius 1 is 1.12 bits per heavy atom. The van der Waals surface area contributed by atoms with Gasteiger partial charge in [0.25, 0.3) is 0 Å². The Morgan fingerprint density at radius 3 is 2.29 bits per heavy atom. The van der Waals surface area contributed by atoms with Gasteiger partial charge in [-0.3, -0.25) is 14.4 Å². The van der Waals surface area contributed by atoms with Crippen molar-refractivity contribution in [1.82, 2.24) is 0 Å². The second-order valence-corrected chi connectivity index (χ2v) is 5.71. The largest absolute Gasteiger partial charge is 0.481 e. The highest BCUT2D eigenvalue weighted by molar-refractivity contribution is 5.97. The molecule has 0 aromatic carbocycles. The second kappa shape index (κ2) is 6.69. The number of hydrogen-bond acceptors (Lipinski definition) is 4. The van der Waals surface area contributed by atoms with Crippen LogP contribution in [0.4, 0.5) is 0 Å². The zero-order valence-electron chi connectivity index (χ0n) is 12.5. The highest BCUT2D eigenvalue weighted by Crippen LogP contribution is 2.45. The summed E-state index contributed by atoms with van der Waals surface area (Å²) >= 11 is 0. The maximum absolute atomic E-state index is 11.5. The van der Waals surface area contributed by atoms with Crippen LogP contribution in [0.25, 0.3) is 0 Å². The second-order valence-electron chi connectivity index (χ2n) is 5.71. The van der Waals surface area contributed by atoms with Crippen LogP contribution in [0.15, 0.2) is 34.9 Å². The van der Waals surface area contributed by atoms with E-state index < -0.39 is 48.1 Å². The summed E-state index contributed by atoms with van der Waals surface area (Å²) in [5.41, 5.74) is 0.288. The summed E-state index contributed by atoms with van der Waals surface area (Å²) in [7, 11) is 0. The molecule has 8 nitrogen and oxygen atoms in total. The van der Waals surface area contributed by atoms with E-state index in [0.717, 1.165) is 0 Å². The van der Waals surface area contributed by atoms with Gasteiger partial charge in [-0.1, -0.05) is 18.2 Å². The normalized spacial score (nSPS) is 23.9. The number of fused-ring (bicyclic) bond motifs is 1. The molecular formula is C16H16O8. The van der Waals surface area contributed by atoms with Crippen molar-refractivity contribution in [3.8, 4) is 0 Å². The van der Waals surface area contributed by atoms with Crippen LogP contribution in [0, 0.1) is 17.8 Å². The molecule has 0 amide bonds. The fourth-order valence-corrected chi connectivity index (χ4v) is 3.33. The number of carbonyl (C=O) groups is 4. The highest BCUT2D eigenvalue weighted by atomic mass is 16.4. The fourth-order valence-electron chi connectivity index (χ4n) is 3.33. The zero-order chi connectivity index (χ0) is 18.0. The van der Waals surface area contributed by atoms with Gasteiger partial charge >= 0.3 is 23.9 Å². The third-order valence-corrected chi connectivity index (χ3v) is 4.32. The molecule has 3 atom stereocenters. The summed E-state index contributed by atoms with van der Waals surface area (Å²) in [5, 5.41) is 37.1. The van der Waals surface area contributed by atoms with Gasteiger partial charge in [-0.05, 0) is 29.9 Å². The molecule has 0 bridgehead atoms. The molecule has 0 aliphatic heterocycles. The van der Waals surface area contributed by atoms with Crippen molar-refractivity contribution in [2.24, 2.45) is 17.8 Å². The van der Waals surface area contributed by atoms with Crippen LogP contribution in [0.2, 0.25) is 0 Å². The molecular weight excluding hydrogens is 320 g/mol. The summed E-state index contributed by atoms with van der Waals surface area (Å²) in [5.74, 6) is -9.00. The number of carboxylic acids is 4. The van der Waals surface area contributed by atoms with Gasteiger partial charge < -0.3 is 20.4 Å². The Morgan fingerprint density at radius 2 is 1.79 bits per heavy atom. The van der Waals surface area contributed by atoms with Crippen molar-refractivity contribution in [3.05, 3.63) is 34.9 Å². The molecule has 0 saturated carbocycles. The minimum atomic E-state index is -1.39. The number of aliphatic carboxylic acids is 4. The monoisotopic (exact) mass is 336 g/mol. The SMILES string of the molecule is O=C(O)CC(C(=O)O)C1CC(C(=O)O)C(C(=O)O)=C2C=CCC=C21. The molecule has 0 heterocycles. The number of allylic oxidation sites excluding steroid dienone is 5. The minimum absolute atomic E-state index is 0.175. The Hall–Kier alpha value is -2.90. The molecule has 0 aromatic rings. The van der Waals surface area contributed by atoms with Crippen molar-refractivity contribution in [1.29, 1.82) is 0 Å². The maximum atomic E-state index is 11.5. The summed E-state index contributed by atoms with van der Waals surface area (Å²) in [6, 6.07) is 0. The topological polar surface area (TPSA) is 149 Å². The Balaban J connectivity index is 2.58. The molecule has 2 rings (SSSR count). The zero-order valence-corrected chi connectivity index (χ0v) is 12.5. The molecule has 0 aromatic heterocycles. The van der Waals surface area contributed by atoms with Crippen molar-refractivity contribution in [2.45, 2.75) is 19.3 Å². The molecule has 8 heteroatoms. The van der Waals surface area contributed by atoms with E-state index >= 15 is 0 Å². The lowest BCUT2D eigenvalue weighted by atomic mass is 9.67. The third-order valence-electron chi connectivity index (χ3n) is 4.32. The van der Waals surface area contributed by atoms with Gasteiger partial charge in [0.05, 0.1) is 23.8 Å². The molecule has 0 saturated heterocycles. The van der Waals surface area contributed by atoms with Crippen LogP contribution < -0.4 is 0 Å². The molecule has 128 valence electrons. The fraction of sp³-hybridized carbons (Fsp3) is 0.375. The lowest BCUT2D eigenvalue weighted by molar-refractivity contribution is -0.151. The molecule has 0 spiro atoms. The quantitative estimate of drug-likeness (QED) is 0.564. The van der Waals surface area contributed by atoms with E-state index in [0.29, 0.717) is 12.0 Å². The van der Waals surface area contributed by atoms with Crippen LogP contribution in [-0.2, 0) is 19.2 Å². The lowest BCUT2D eigenvalue weighted by Crippen LogP contribution is -2.37. The summed E-state index contributed by atoms with van der Waals surface area (Å²) in [6.45, 7) is 0. The van der Waals surface area contributed by atoms with E-state index in [1.807, 2.05) is 0 Å². The van der Waals surface area contributed by atoms with Crippen LogP contribution >= 0.6 is 0 Å². The van der Waals surface area contributed by atoms with E-state index in [-0.39, 0.29) is 17.6 Å². The van der Waals surface area contributed by atoms with Gasteiger partial charge in [-0.15, -0.1) is 0 Å². The predicted molar refractivity (Wildman–Crippen MR) is 79.1 cm³/mol. The van der Waals surface area contributed by atoms with Crippen molar-refractivity contribution < 1.29 is 39.6 Å². The van der Waals surface area contributed by atoms with Crippen molar-refractivity contribution in [2.75, 3.05) is 0 Å². The highest BCUT2D eigenvalue weighted by Gasteiger charge is 2.44. The van der Waals surface area contributed by atoms with Crippen LogP contribution in [0.3, 0.4) is 0 Å². The van der Waals surface area contributed by atoms with Gasteiger partial charge in [0.1, 0.15) is 0 Å². The Kier molecular flexibility index (Phi) is 4.87. The minimum Gasteiger partial charge on any atom is -0.481 e. The number of carboxylic acid groups (broad SMARTS) is 4. The van der Waals surface area contributed by atoms with Crippen molar-refractivity contribution >= 4 is 23.9 Å². The van der Waals surface area contributed by atoms with Crippen LogP contribution in [-0.4, -0.2) is 44.3 Å². The van der Waals surface area contributed by atoms with Crippen molar-refractivity contribution in [3.63, 3.8) is 0 Å². The standard InChI is InChI=1S/C16H16O8/c17-12(18)6-10(14(19)20)9-5-11(15(21)22)13(16(23)24)8-4-2-1-3-7(8)9/h2-4,9-11H,1,5-6H2,(H,17,18)(H,19,20)(H,21,22)(H,23,24). The summed E-state index contributed by atoms with van der Waals surface area (Å²) < 4.78 is 0. The van der Waals surface area contributed by atoms with E-state index in [1.54, 1.807) is 12.2 Å². The first-order valence-electron chi connectivity index (χ1n) is 7.25. The molecule has 0 radical (unpaired) electrons. The van der Waals surface area contributed by atoms with Gasteiger partial charge in [-0.25, -0.2) is 4.79 Å². The van der Waals surface area contributed by atoms with E-state index in [4.69, 9.17) is 5.11 Å². The summed E-state index contributed by atoms with van der Waals surface area (Å²) in [6.07, 6.45) is 4.28. The first kappa shape index (κ1) is 17.5. The van der Waals surface area contributed by atoms with Gasteiger partial charge in [0, 0.05) is 0 Å². The van der Waals surface area contributed by atoms with Gasteiger partial charge in [-0.2, -0.15) is 0 Å². The average molecular weight is 336 g/mol. The molecule has 3 unspecified atom stereocenters. The first-order chi connectivity index (χ1) is 11.2. The average Bonchev–Trinajstić information content (AvgIpc) is 2.50. The summed E-state index contributed by atoms with van der Waals surface area (Å²) in [4.78, 5) is 45.5. The Bertz CT molecular complexity index is 697. The molecule has 4 N–H and O–H groups in total. The molecule has 2 aliphatic carbocycles. The van der Waals surface area contributed by atoms with E-state index in [1.165, 1.54) is 6.08 Å². The van der Waals surface area contributed by atoms with Gasteiger partial charge in [0.15, 0.2) is 0 Å². The number of rotatable bonds is 6. The molecule has 24 heavy (non-hydrogen) atoms. The van der Waals surface area contributed by atoms with Crippen LogP contribution in [0.5, 0.6) is 0 Å². The van der Waals surface area contributed by atoms with E-state index in [9.17, 15) is 34.5 Å². The molecule has 0 fully saturated rings. The van der Waals surface area contributed by atoms with Crippen LogP contribution in [0.1, 0.15) is 19.3 Å². The number of hydrogen-bond donors (Lipinski definition) is 4. The van der Waals surface area contributed by atoms with E-state index in [2.05, 4.69) is 0 Å². The maximum Gasteiger partial charge on any atom is 0.333 e. The van der Waals surface area contributed by atoms with Gasteiger partial charge in [0.2, 0.25) is 0 Å². The first-order valence-corrected chi connectivity index (χ1v) is 7.25. The Labute approximate surface area is 136 Å². The smallest absolute Gasteiger partial charge is 0.333 e. The molecule has 2 aliphatic rings. The third kappa shape index (κ3) is 3.22. The lowest BCUT2D eigenvalue weighted by Gasteiger charge is -2.35.